The van der Waals surface area contributed by atoms with Crippen LogP contribution in [-0.2, 0) is 19.5 Å². The lowest BCUT2D eigenvalue weighted by atomic mass is 10.1. The molecule has 0 aliphatic carbocycles. The summed E-state index contributed by atoms with van der Waals surface area (Å²) in [5.41, 5.74) is 1.02. The van der Waals surface area contributed by atoms with Gasteiger partial charge in [-0.1, -0.05) is 0 Å². The summed E-state index contributed by atoms with van der Waals surface area (Å²) in [4.78, 5) is 16.9. The highest BCUT2D eigenvalue weighted by atomic mass is 16.4. The van der Waals surface area contributed by atoms with Crippen molar-refractivity contribution < 1.29 is 9.21 Å². The van der Waals surface area contributed by atoms with Crippen LogP contribution in [0.4, 0.5) is 0 Å². The zero-order chi connectivity index (χ0) is 16.5. The summed E-state index contributed by atoms with van der Waals surface area (Å²) in [7, 11) is 0. The SMILES string of the molecule is Cc1cn2c(n1)CC[C@@H](NC(=O)c1ccc(Cn3cccn3)o1)C2. The number of carbonyl (C=O) groups is 1. The first kappa shape index (κ1) is 14.7. The molecule has 0 unspecified atom stereocenters. The Hall–Kier alpha value is -2.83. The molecule has 4 heterocycles. The van der Waals surface area contributed by atoms with Crippen molar-refractivity contribution in [2.24, 2.45) is 0 Å². The molecule has 1 N–H and O–H groups in total. The third kappa shape index (κ3) is 2.97. The lowest BCUT2D eigenvalue weighted by Crippen LogP contribution is -2.40. The first-order chi connectivity index (χ1) is 11.7. The molecule has 0 aromatic carbocycles. The minimum atomic E-state index is -0.174. The summed E-state index contributed by atoms with van der Waals surface area (Å²) in [6.45, 7) is 3.26. The number of fused-ring (bicyclic) bond motifs is 1. The Kier molecular flexibility index (Phi) is 3.68. The van der Waals surface area contributed by atoms with E-state index in [0.29, 0.717) is 18.1 Å². The summed E-state index contributed by atoms with van der Waals surface area (Å²) < 4.78 is 9.52. The summed E-state index contributed by atoms with van der Waals surface area (Å²) in [6, 6.07) is 5.47. The molecule has 0 saturated heterocycles. The van der Waals surface area contributed by atoms with E-state index in [9.17, 15) is 4.79 Å². The molecule has 0 bridgehead atoms. The van der Waals surface area contributed by atoms with Crippen LogP contribution in [0, 0.1) is 6.92 Å². The molecule has 1 aliphatic rings. The van der Waals surface area contributed by atoms with Crippen molar-refractivity contribution in [2.75, 3.05) is 0 Å². The van der Waals surface area contributed by atoms with Crippen molar-refractivity contribution in [3.63, 3.8) is 0 Å². The molecule has 1 aliphatic heterocycles. The highest BCUT2D eigenvalue weighted by Crippen LogP contribution is 2.16. The van der Waals surface area contributed by atoms with Gasteiger partial charge in [0.2, 0.25) is 0 Å². The average molecular weight is 325 g/mol. The van der Waals surface area contributed by atoms with Gasteiger partial charge in [0.05, 0.1) is 12.2 Å². The van der Waals surface area contributed by atoms with E-state index in [-0.39, 0.29) is 11.9 Å². The van der Waals surface area contributed by atoms with Crippen LogP contribution in [0.1, 0.15) is 34.3 Å². The Labute approximate surface area is 139 Å². The van der Waals surface area contributed by atoms with Crippen LogP contribution in [0.3, 0.4) is 0 Å². The van der Waals surface area contributed by atoms with Crippen molar-refractivity contribution in [3.05, 3.63) is 59.8 Å². The summed E-state index contributed by atoms with van der Waals surface area (Å²) in [5, 5.41) is 7.18. The number of hydrogen-bond acceptors (Lipinski definition) is 4. The number of aryl methyl sites for hydroxylation is 2. The Morgan fingerprint density at radius 1 is 1.46 bits per heavy atom. The molecule has 1 atom stereocenters. The molecule has 0 radical (unpaired) electrons. The van der Waals surface area contributed by atoms with Crippen LogP contribution in [0.25, 0.3) is 0 Å². The Bertz CT molecular complexity index is 846. The molecule has 0 fully saturated rings. The number of nitrogens with one attached hydrogen (secondary N) is 1. The van der Waals surface area contributed by atoms with Gasteiger partial charge in [-0.3, -0.25) is 9.48 Å². The molecular formula is C17H19N5O2. The van der Waals surface area contributed by atoms with E-state index in [0.717, 1.165) is 30.9 Å². The maximum Gasteiger partial charge on any atom is 0.287 e. The van der Waals surface area contributed by atoms with E-state index in [2.05, 4.69) is 20.0 Å². The molecule has 4 rings (SSSR count). The van der Waals surface area contributed by atoms with Crippen LogP contribution in [0.2, 0.25) is 0 Å². The number of hydrogen-bond donors (Lipinski definition) is 1. The standard InChI is InChI=1S/C17H19N5O2/c1-12-9-21-10-13(3-6-16(21)19-12)20-17(23)15-5-4-14(24-15)11-22-8-2-7-18-22/h2,4-5,7-9,13H,3,6,10-11H2,1H3,(H,20,23)/t13-/m1/s1. The van der Waals surface area contributed by atoms with Crippen molar-refractivity contribution in [1.29, 1.82) is 0 Å². The number of imidazole rings is 1. The fourth-order valence-electron chi connectivity index (χ4n) is 3.10. The number of amides is 1. The van der Waals surface area contributed by atoms with Gasteiger partial charge in [-0.15, -0.1) is 0 Å². The number of rotatable bonds is 4. The fraction of sp³-hybridized carbons (Fsp3) is 0.353. The van der Waals surface area contributed by atoms with Crippen molar-refractivity contribution in [2.45, 2.75) is 38.9 Å². The predicted molar refractivity (Wildman–Crippen MR) is 86.6 cm³/mol. The molecule has 3 aromatic rings. The Morgan fingerprint density at radius 2 is 2.38 bits per heavy atom. The topological polar surface area (TPSA) is 77.9 Å². The van der Waals surface area contributed by atoms with Crippen LogP contribution in [0.15, 0.2) is 41.2 Å². The Morgan fingerprint density at radius 3 is 3.21 bits per heavy atom. The first-order valence-corrected chi connectivity index (χ1v) is 8.07. The molecule has 7 heteroatoms. The summed E-state index contributed by atoms with van der Waals surface area (Å²) in [5.74, 6) is 1.97. The smallest absolute Gasteiger partial charge is 0.287 e. The molecule has 124 valence electrons. The second kappa shape index (κ2) is 5.99. The van der Waals surface area contributed by atoms with Gasteiger partial charge in [0.15, 0.2) is 5.76 Å². The zero-order valence-electron chi connectivity index (χ0n) is 13.5. The van der Waals surface area contributed by atoms with Gasteiger partial charge in [-0.05, 0) is 31.5 Å². The molecule has 7 nitrogen and oxygen atoms in total. The van der Waals surface area contributed by atoms with Crippen LogP contribution in [0.5, 0.6) is 0 Å². The van der Waals surface area contributed by atoms with Gasteiger partial charge in [0, 0.05) is 37.6 Å². The number of nitrogens with zero attached hydrogens (tertiary/aromatic N) is 4. The van der Waals surface area contributed by atoms with E-state index in [1.165, 1.54) is 0 Å². The van der Waals surface area contributed by atoms with Gasteiger partial charge >= 0.3 is 0 Å². The van der Waals surface area contributed by atoms with Crippen molar-refractivity contribution in [1.82, 2.24) is 24.6 Å². The van der Waals surface area contributed by atoms with E-state index in [4.69, 9.17) is 4.42 Å². The number of furan rings is 1. The molecule has 3 aromatic heterocycles. The number of carbonyl (C=O) groups excluding carboxylic acids is 1. The molecule has 1 amide bonds. The van der Waals surface area contributed by atoms with Gasteiger partial charge < -0.3 is 14.3 Å². The van der Waals surface area contributed by atoms with E-state index < -0.39 is 0 Å². The summed E-state index contributed by atoms with van der Waals surface area (Å²) >= 11 is 0. The van der Waals surface area contributed by atoms with Crippen molar-refractivity contribution >= 4 is 5.91 Å². The third-order valence-corrected chi connectivity index (χ3v) is 4.21. The minimum absolute atomic E-state index is 0.0956. The van der Waals surface area contributed by atoms with E-state index >= 15 is 0 Å². The second-order valence-corrected chi connectivity index (χ2v) is 6.13. The highest BCUT2D eigenvalue weighted by Gasteiger charge is 2.22. The maximum atomic E-state index is 12.4. The van der Waals surface area contributed by atoms with E-state index in [1.807, 2.05) is 31.5 Å². The van der Waals surface area contributed by atoms with Gasteiger partial charge in [0.1, 0.15) is 11.6 Å². The predicted octanol–water partition coefficient (Wildman–Crippen LogP) is 1.77. The monoisotopic (exact) mass is 325 g/mol. The normalized spacial score (nSPS) is 16.8. The molecule has 24 heavy (non-hydrogen) atoms. The minimum Gasteiger partial charge on any atom is -0.454 e. The third-order valence-electron chi connectivity index (χ3n) is 4.21. The van der Waals surface area contributed by atoms with Crippen LogP contribution >= 0.6 is 0 Å². The van der Waals surface area contributed by atoms with E-state index in [1.54, 1.807) is 16.9 Å². The largest absolute Gasteiger partial charge is 0.454 e. The fourth-order valence-corrected chi connectivity index (χ4v) is 3.10. The van der Waals surface area contributed by atoms with Gasteiger partial charge in [-0.25, -0.2) is 4.98 Å². The lowest BCUT2D eigenvalue weighted by molar-refractivity contribution is 0.0897. The summed E-state index contributed by atoms with van der Waals surface area (Å²) in [6.07, 6.45) is 7.37. The highest BCUT2D eigenvalue weighted by molar-refractivity contribution is 5.91. The average Bonchev–Trinajstić information content (AvgIpc) is 3.27. The Balaban J connectivity index is 1.39. The van der Waals surface area contributed by atoms with Gasteiger partial charge in [-0.2, -0.15) is 5.10 Å². The van der Waals surface area contributed by atoms with Crippen molar-refractivity contribution in [3.8, 4) is 0 Å². The zero-order valence-corrected chi connectivity index (χ0v) is 13.5. The molecule has 0 spiro atoms. The number of aromatic nitrogens is 4. The van der Waals surface area contributed by atoms with Gasteiger partial charge in [0.25, 0.3) is 5.91 Å². The first-order valence-electron chi connectivity index (χ1n) is 8.07. The van der Waals surface area contributed by atoms with Crippen LogP contribution in [-0.4, -0.2) is 31.3 Å². The van der Waals surface area contributed by atoms with Crippen LogP contribution < -0.4 is 5.32 Å². The molecule has 0 saturated carbocycles. The quantitative estimate of drug-likeness (QED) is 0.793. The maximum absolute atomic E-state index is 12.4. The molecular weight excluding hydrogens is 306 g/mol. The lowest BCUT2D eigenvalue weighted by Gasteiger charge is -2.24. The second-order valence-electron chi connectivity index (χ2n) is 6.13.